The van der Waals surface area contributed by atoms with Gasteiger partial charge < -0.3 is 10.7 Å². The average molecular weight is 280 g/mol. The molecule has 0 aliphatic rings. The average Bonchev–Trinajstić information content (AvgIpc) is 2.88. The highest BCUT2D eigenvalue weighted by molar-refractivity contribution is 5.85. The van der Waals surface area contributed by atoms with Crippen molar-refractivity contribution in [2.24, 2.45) is 5.73 Å². The summed E-state index contributed by atoms with van der Waals surface area (Å²) in [6, 6.07) is 10.3. The minimum atomic E-state index is 0. The summed E-state index contributed by atoms with van der Waals surface area (Å²) in [5.74, 6) is 1.08. The lowest BCUT2D eigenvalue weighted by Gasteiger charge is -1.98. The first-order valence-electron chi connectivity index (χ1n) is 6.69. The van der Waals surface area contributed by atoms with Gasteiger partial charge in [-0.1, -0.05) is 43.2 Å². The minimum Gasteiger partial charge on any atom is -0.342 e. The van der Waals surface area contributed by atoms with Crippen molar-refractivity contribution < 1.29 is 0 Å². The van der Waals surface area contributed by atoms with Crippen LogP contribution in [0.1, 0.15) is 31.5 Å². The smallest absolute Gasteiger partial charge is 0.106 e. The number of nitrogens with one attached hydrogen (secondary N) is 1. The Morgan fingerprint density at radius 3 is 2.47 bits per heavy atom. The summed E-state index contributed by atoms with van der Waals surface area (Å²) in [7, 11) is 0. The Hall–Kier alpha value is -1.32. The maximum Gasteiger partial charge on any atom is 0.106 e. The lowest BCUT2D eigenvalue weighted by Crippen LogP contribution is -1.98. The van der Waals surface area contributed by atoms with Gasteiger partial charge in [-0.2, -0.15) is 0 Å². The van der Waals surface area contributed by atoms with Gasteiger partial charge in [-0.25, -0.2) is 4.98 Å². The van der Waals surface area contributed by atoms with Gasteiger partial charge in [-0.3, -0.25) is 0 Å². The third-order valence-corrected chi connectivity index (χ3v) is 3.08. The van der Waals surface area contributed by atoms with E-state index in [1.165, 1.54) is 24.8 Å². The van der Waals surface area contributed by atoms with Crippen LogP contribution in [0.25, 0.3) is 11.3 Å². The van der Waals surface area contributed by atoms with E-state index in [0.717, 1.165) is 30.9 Å². The zero-order valence-corrected chi connectivity index (χ0v) is 12.0. The molecular weight excluding hydrogens is 258 g/mol. The Morgan fingerprint density at radius 2 is 1.74 bits per heavy atom. The van der Waals surface area contributed by atoms with Crippen molar-refractivity contribution in [3.63, 3.8) is 0 Å². The molecule has 0 saturated heterocycles. The van der Waals surface area contributed by atoms with Crippen molar-refractivity contribution in [1.29, 1.82) is 0 Å². The van der Waals surface area contributed by atoms with Crippen LogP contribution in [-0.2, 0) is 6.42 Å². The quantitative estimate of drug-likeness (QED) is 0.762. The molecule has 2 aromatic rings. The third-order valence-electron chi connectivity index (χ3n) is 3.08. The lowest BCUT2D eigenvalue weighted by molar-refractivity contribution is 0.638. The second-order valence-corrected chi connectivity index (χ2v) is 4.56. The molecule has 0 saturated carbocycles. The molecule has 0 spiro atoms. The molecule has 0 radical (unpaired) electrons. The number of rotatable bonds is 7. The number of aromatic nitrogens is 2. The topological polar surface area (TPSA) is 54.7 Å². The summed E-state index contributed by atoms with van der Waals surface area (Å²) in [4.78, 5) is 7.81. The van der Waals surface area contributed by atoms with E-state index in [1.54, 1.807) is 0 Å². The highest BCUT2D eigenvalue weighted by Crippen LogP contribution is 2.16. The fourth-order valence-corrected chi connectivity index (χ4v) is 2.04. The van der Waals surface area contributed by atoms with Crippen molar-refractivity contribution in [2.45, 2.75) is 32.1 Å². The van der Waals surface area contributed by atoms with Crippen LogP contribution in [0.4, 0.5) is 0 Å². The van der Waals surface area contributed by atoms with Crippen LogP contribution in [0, 0.1) is 0 Å². The maximum atomic E-state index is 5.47. The van der Waals surface area contributed by atoms with Crippen LogP contribution in [0.2, 0.25) is 0 Å². The number of halogens is 1. The molecular formula is C15H22ClN3. The lowest BCUT2D eigenvalue weighted by atomic mass is 10.1. The summed E-state index contributed by atoms with van der Waals surface area (Å²) in [5.41, 5.74) is 7.77. The second-order valence-electron chi connectivity index (χ2n) is 4.56. The third kappa shape index (κ3) is 5.05. The normalized spacial score (nSPS) is 10.2. The van der Waals surface area contributed by atoms with E-state index < -0.39 is 0 Å². The number of aryl methyl sites for hydroxylation is 1. The Labute approximate surface area is 121 Å². The van der Waals surface area contributed by atoms with E-state index in [-0.39, 0.29) is 12.4 Å². The molecule has 0 aliphatic carbocycles. The fourth-order valence-electron chi connectivity index (χ4n) is 2.04. The number of aromatic amines is 1. The number of benzene rings is 1. The molecule has 104 valence electrons. The first-order chi connectivity index (χ1) is 8.90. The number of nitrogens with two attached hydrogens (primary N) is 1. The van der Waals surface area contributed by atoms with Crippen molar-refractivity contribution in [3.8, 4) is 11.3 Å². The van der Waals surface area contributed by atoms with E-state index in [0.29, 0.717) is 0 Å². The van der Waals surface area contributed by atoms with Gasteiger partial charge >= 0.3 is 0 Å². The summed E-state index contributed by atoms with van der Waals surface area (Å²) in [6.45, 7) is 0.804. The standard InChI is InChI=1S/C15H21N3.ClH/c16-11-7-2-1-6-10-15-17-12-14(18-15)13-8-4-3-5-9-13;/h3-5,8-9,12H,1-2,6-7,10-11,16H2,(H,17,18);1H. The van der Waals surface area contributed by atoms with Crippen LogP contribution < -0.4 is 5.73 Å². The molecule has 0 atom stereocenters. The summed E-state index contributed by atoms with van der Waals surface area (Å²) in [6.07, 6.45) is 7.72. The molecule has 3 nitrogen and oxygen atoms in total. The Kier molecular flexibility index (Phi) is 7.23. The molecule has 1 heterocycles. The molecule has 0 unspecified atom stereocenters. The van der Waals surface area contributed by atoms with E-state index in [4.69, 9.17) is 5.73 Å². The highest BCUT2D eigenvalue weighted by atomic mass is 35.5. The largest absolute Gasteiger partial charge is 0.342 e. The van der Waals surface area contributed by atoms with Crippen molar-refractivity contribution in [3.05, 3.63) is 42.4 Å². The van der Waals surface area contributed by atoms with Gasteiger partial charge in [-0.15, -0.1) is 12.4 Å². The monoisotopic (exact) mass is 279 g/mol. The van der Waals surface area contributed by atoms with Gasteiger partial charge in [-0.05, 0) is 24.9 Å². The number of hydrogen-bond acceptors (Lipinski definition) is 2. The molecule has 1 aromatic heterocycles. The number of nitrogens with zero attached hydrogens (tertiary/aromatic N) is 1. The van der Waals surface area contributed by atoms with Gasteiger partial charge in [0.25, 0.3) is 0 Å². The minimum absolute atomic E-state index is 0. The molecule has 2 rings (SSSR count). The zero-order valence-electron chi connectivity index (χ0n) is 11.1. The summed E-state index contributed by atoms with van der Waals surface area (Å²) < 4.78 is 0. The fraction of sp³-hybridized carbons (Fsp3) is 0.400. The van der Waals surface area contributed by atoms with E-state index in [9.17, 15) is 0 Å². The van der Waals surface area contributed by atoms with Crippen LogP contribution >= 0.6 is 12.4 Å². The van der Waals surface area contributed by atoms with Gasteiger partial charge in [0.05, 0.1) is 11.9 Å². The summed E-state index contributed by atoms with van der Waals surface area (Å²) >= 11 is 0. The number of H-pyrrole nitrogens is 1. The summed E-state index contributed by atoms with van der Waals surface area (Å²) in [5, 5.41) is 0. The first-order valence-corrected chi connectivity index (χ1v) is 6.69. The second kappa shape index (κ2) is 8.73. The molecule has 3 N–H and O–H groups in total. The van der Waals surface area contributed by atoms with Gasteiger partial charge in [0.1, 0.15) is 5.82 Å². The van der Waals surface area contributed by atoms with Crippen LogP contribution in [0.3, 0.4) is 0 Å². The Balaban J connectivity index is 0.00000180. The molecule has 0 fully saturated rings. The Bertz CT molecular complexity index is 453. The number of hydrogen-bond donors (Lipinski definition) is 2. The molecule has 1 aromatic carbocycles. The highest BCUT2D eigenvalue weighted by Gasteiger charge is 2.02. The number of imidazole rings is 1. The maximum absolute atomic E-state index is 5.47. The van der Waals surface area contributed by atoms with Crippen LogP contribution in [0.5, 0.6) is 0 Å². The van der Waals surface area contributed by atoms with Gasteiger partial charge in [0.15, 0.2) is 0 Å². The van der Waals surface area contributed by atoms with Crippen molar-refractivity contribution in [1.82, 2.24) is 9.97 Å². The van der Waals surface area contributed by atoms with E-state index >= 15 is 0 Å². The van der Waals surface area contributed by atoms with E-state index in [1.807, 2.05) is 24.4 Å². The number of unbranched alkanes of at least 4 members (excludes halogenated alkanes) is 3. The van der Waals surface area contributed by atoms with Crippen LogP contribution in [0.15, 0.2) is 36.5 Å². The van der Waals surface area contributed by atoms with Crippen LogP contribution in [-0.4, -0.2) is 16.5 Å². The molecule has 0 bridgehead atoms. The molecule has 4 heteroatoms. The van der Waals surface area contributed by atoms with Gasteiger partial charge in [0, 0.05) is 6.42 Å². The SMILES string of the molecule is Cl.NCCCCCCc1ncc(-c2ccccc2)[nH]1. The molecule has 0 aliphatic heterocycles. The zero-order chi connectivity index (χ0) is 12.6. The molecule has 0 amide bonds. The van der Waals surface area contributed by atoms with E-state index in [2.05, 4.69) is 22.1 Å². The Morgan fingerprint density at radius 1 is 1.00 bits per heavy atom. The van der Waals surface area contributed by atoms with Crippen molar-refractivity contribution in [2.75, 3.05) is 6.54 Å². The first kappa shape index (κ1) is 15.7. The van der Waals surface area contributed by atoms with Crippen molar-refractivity contribution >= 4 is 12.4 Å². The predicted octanol–water partition coefficient (Wildman–Crippen LogP) is 3.56. The predicted molar refractivity (Wildman–Crippen MR) is 82.5 cm³/mol. The van der Waals surface area contributed by atoms with Gasteiger partial charge in [0.2, 0.25) is 0 Å². The molecule has 19 heavy (non-hydrogen) atoms.